The van der Waals surface area contributed by atoms with Gasteiger partial charge in [0.2, 0.25) is 11.8 Å². The molecule has 0 unspecified atom stereocenters. The van der Waals surface area contributed by atoms with E-state index in [0.29, 0.717) is 55.8 Å². The molecule has 0 saturated carbocycles. The van der Waals surface area contributed by atoms with Crippen LogP contribution in [0.4, 0.5) is 5.00 Å². The second-order valence-electron chi connectivity index (χ2n) is 9.35. The molecule has 2 atom stereocenters. The number of thiophene rings is 1. The van der Waals surface area contributed by atoms with Gasteiger partial charge in [-0.25, -0.2) is 9.59 Å². The molecule has 0 fully saturated rings. The van der Waals surface area contributed by atoms with Gasteiger partial charge in [-0.15, -0.1) is 11.3 Å². The maximum Gasteiger partial charge on any atom is 0.335 e. The molecule has 5 N–H and O–H groups in total. The number of amides is 2. The Kier molecular flexibility index (Phi) is 11.7. The Balaban J connectivity index is 0.000000416. The summed E-state index contributed by atoms with van der Waals surface area (Å²) in [5.41, 5.74) is 3.66. The SMILES string of the molecule is N#Cc1c(NC(=O)CCc2ccccc2)sc2c1CCN(C(=O)CCc1cccnc1)C2.O=C(O)[C@H](O)[C@@H](O)C(=O)O. The Hall–Kier alpha value is -4.64. The van der Waals surface area contributed by atoms with Gasteiger partial charge in [-0.2, -0.15) is 5.26 Å². The van der Waals surface area contributed by atoms with E-state index >= 15 is 0 Å². The number of hydrogen-bond donors (Lipinski definition) is 5. The number of carboxylic acids is 2. The Morgan fingerprint density at radius 1 is 0.976 bits per heavy atom. The van der Waals surface area contributed by atoms with E-state index in [0.717, 1.165) is 21.6 Å². The third-order valence-corrected chi connectivity index (χ3v) is 7.55. The zero-order valence-corrected chi connectivity index (χ0v) is 23.3. The Bertz CT molecular complexity index is 1420. The predicted molar refractivity (Wildman–Crippen MR) is 151 cm³/mol. The van der Waals surface area contributed by atoms with E-state index in [-0.39, 0.29) is 11.8 Å². The lowest BCUT2D eigenvalue weighted by atomic mass is 10.0. The van der Waals surface area contributed by atoms with Crippen molar-refractivity contribution in [3.8, 4) is 6.07 Å². The highest BCUT2D eigenvalue weighted by atomic mass is 32.1. The number of nitrogens with one attached hydrogen (secondary N) is 1. The first-order chi connectivity index (χ1) is 20.1. The number of carbonyl (C=O) groups is 4. The van der Waals surface area contributed by atoms with Crippen molar-refractivity contribution in [2.45, 2.75) is 50.9 Å². The number of nitrogens with zero attached hydrogens (tertiary/aromatic N) is 3. The van der Waals surface area contributed by atoms with Crippen LogP contribution in [0.25, 0.3) is 0 Å². The normalized spacial score (nSPS) is 13.4. The van der Waals surface area contributed by atoms with Crippen LogP contribution in [0.1, 0.15) is 40.0 Å². The molecule has 3 heterocycles. The molecule has 0 spiro atoms. The molecule has 4 rings (SSSR count). The fourth-order valence-electron chi connectivity index (χ4n) is 4.14. The zero-order chi connectivity index (χ0) is 30.6. The third kappa shape index (κ3) is 8.93. The molecule has 13 heteroatoms. The van der Waals surface area contributed by atoms with Crippen molar-refractivity contribution >= 4 is 40.1 Å². The van der Waals surface area contributed by atoms with Crippen molar-refractivity contribution in [2.75, 3.05) is 11.9 Å². The van der Waals surface area contributed by atoms with Crippen molar-refractivity contribution in [3.05, 3.63) is 82.0 Å². The number of aliphatic hydroxyl groups is 2. The summed E-state index contributed by atoms with van der Waals surface area (Å²) in [6.07, 6.45) is 1.71. The summed E-state index contributed by atoms with van der Waals surface area (Å²) < 4.78 is 0. The van der Waals surface area contributed by atoms with Gasteiger partial charge in [0.15, 0.2) is 12.2 Å². The fraction of sp³-hybridized carbons (Fsp3) is 0.310. The first-order valence-corrected chi connectivity index (χ1v) is 13.8. The molecular formula is C29H30N4O8S. The van der Waals surface area contributed by atoms with Crippen LogP contribution < -0.4 is 5.32 Å². The van der Waals surface area contributed by atoms with Gasteiger partial charge < -0.3 is 30.6 Å². The lowest BCUT2D eigenvalue weighted by molar-refractivity contribution is -0.165. The third-order valence-electron chi connectivity index (χ3n) is 6.41. The smallest absolute Gasteiger partial charge is 0.335 e. The first-order valence-electron chi connectivity index (χ1n) is 13.0. The summed E-state index contributed by atoms with van der Waals surface area (Å²) >= 11 is 1.41. The van der Waals surface area contributed by atoms with E-state index in [1.165, 1.54) is 11.3 Å². The number of aromatic nitrogens is 1. The van der Waals surface area contributed by atoms with Crippen LogP contribution in [0, 0.1) is 11.3 Å². The van der Waals surface area contributed by atoms with Crippen molar-refractivity contribution in [1.82, 2.24) is 9.88 Å². The Morgan fingerprint density at radius 3 is 2.21 bits per heavy atom. The molecule has 0 radical (unpaired) electrons. The van der Waals surface area contributed by atoms with E-state index < -0.39 is 24.1 Å². The van der Waals surface area contributed by atoms with Crippen LogP contribution in [0.5, 0.6) is 0 Å². The lowest BCUT2D eigenvalue weighted by Crippen LogP contribution is -2.39. The molecule has 0 bridgehead atoms. The second kappa shape index (κ2) is 15.4. The van der Waals surface area contributed by atoms with Gasteiger partial charge in [-0.3, -0.25) is 14.6 Å². The van der Waals surface area contributed by atoms with Crippen LogP contribution in [-0.4, -0.2) is 72.8 Å². The summed E-state index contributed by atoms with van der Waals surface area (Å²) in [4.78, 5) is 51.7. The molecule has 0 aliphatic carbocycles. The summed E-state index contributed by atoms with van der Waals surface area (Å²) in [6, 6.07) is 16.0. The van der Waals surface area contributed by atoms with Gasteiger partial charge in [-0.1, -0.05) is 36.4 Å². The molecule has 3 aromatic rings. The van der Waals surface area contributed by atoms with Crippen molar-refractivity contribution < 1.29 is 39.6 Å². The van der Waals surface area contributed by atoms with Gasteiger partial charge in [0.05, 0.1) is 12.1 Å². The first kappa shape index (κ1) is 31.9. The quantitative estimate of drug-likeness (QED) is 0.231. The minimum Gasteiger partial charge on any atom is -0.479 e. The van der Waals surface area contributed by atoms with E-state index in [4.69, 9.17) is 20.4 Å². The van der Waals surface area contributed by atoms with Crippen LogP contribution in [0.2, 0.25) is 0 Å². The van der Waals surface area contributed by atoms with Crippen molar-refractivity contribution in [1.29, 1.82) is 5.26 Å². The number of anilines is 1. The van der Waals surface area contributed by atoms with Gasteiger partial charge >= 0.3 is 11.9 Å². The Labute approximate surface area is 245 Å². The van der Waals surface area contributed by atoms with Crippen molar-refractivity contribution in [3.63, 3.8) is 0 Å². The van der Waals surface area contributed by atoms with Gasteiger partial charge in [0.1, 0.15) is 11.1 Å². The highest BCUT2D eigenvalue weighted by Gasteiger charge is 2.29. The molecule has 2 aromatic heterocycles. The standard InChI is InChI=1S/C25H24N4O2S.C4H6O6/c26-15-21-20-12-14-29(24(31)11-9-19-7-4-13-27-16-19)17-22(20)32-25(21)28-23(30)10-8-18-5-2-1-3-6-18;5-1(3(7)8)2(6)4(9)10/h1-7,13,16H,8-12,14,17H2,(H,28,30);1-2,5-6H,(H,7,8)(H,9,10)/t;1-,2-/m.1/s1. The zero-order valence-electron chi connectivity index (χ0n) is 22.5. The summed E-state index contributed by atoms with van der Waals surface area (Å²) in [5, 5.41) is 45.7. The monoisotopic (exact) mass is 594 g/mol. The number of aryl methyl sites for hydroxylation is 2. The number of carboxylic acid groups (broad SMARTS) is 2. The molecule has 1 aliphatic rings. The molecule has 2 amide bonds. The summed E-state index contributed by atoms with van der Waals surface area (Å²) in [5.74, 6) is -3.54. The number of aliphatic carboxylic acids is 2. The van der Waals surface area contributed by atoms with E-state index in [1.54, 1.807) is 12.4 Å². The summed E-state index contributed by atoms with van der Waals surface area (Å²) in [6.45, 7) is 1.08. The van der Waals surface area contributed by atoms with E-state index in [9.17, 15) is 24.4 Å². The maximum absolute atomic E-state index is 12.7. The number of fused-ring (bicyclic) bond motifs is 1. The van der Waals surface area contributed by atoms with Crippen LogP contribution in [0.3, 0.4) is 0 Å². The fourth-order valence-corrected chi connectivity index (χ4v) is 5.37. The summed E-state index contributed by atoms with van der Waals surface area (Å²) in [7, 11) is 0. The van der Waals surface area contributed by atoms with Crippen LogP contribution in [-0.2, 0) is 45.0 Å². The number of pyridine rings is 1. The highest BCUT2D eigenvalue weighted by molar-refractivity contribution is 7.16. The van der Waals surface area contributed by atoms with Gasteiger partial charge in [0.25, 0.3) is 0 Å². The number of rotatable bonds is 10. The molecular weight excluding hydrogens is 564 g/mol. The average molecular weight is 595 g/mol. The van der Waals surface area contributed by atoms with Crippen LogP contribution >= 0.6 is 11.3 Å². The molecule has 220 valence electrons. The Morgan fingerprint density at radius 2 is 1.62 bits per heavy atom. The molecule has 0 saturated heterocycles. The average Bonchev–Trinajstić information content (AvgIpc) is 3.35. The number of carbonyl (C=O) groups excluding carboxylic acids is 2. The number of aliphatic hydroxyl groups excluding tert-OH is 2. The van der Waals surface area contributed by atoms with Gasteiger partial charge in [0, 0.05) is 36.7 Å². The number of benzene rings is 1. The minimum atomic E-state index is -2.27. The predicted octanol–water partition coefficient (Wildman–Crippen LogP) is 1.98. The number of hydrogen-bond acceptors (Lipinski definition) is 9. The molecule has 12 nitrogen and oxygen atoms in total. The molecule has 42 heavy (non-hydrogen) atoms. The van der Waals surface area contributed by atoms with E-state index in [1.807, 2.05) is 47.4 Å². The largest absolute Gasteiger partial charge is 0.479 e. The topological polar surface area (TPSA) is 201 Å². The van der Waals surface area contributed by atoms with Gasteiger partial charge in [-0.05, 0) is 42.0 Å². The van der Waals surface area contributed by atoms with Crippen molar-refractivity contribution in [2.24, 2.45) is 0 Å². The minimum absolute atomic E-state index is 0.0971. The van der Waals surface area contributed by atoms with Crippen LogP contribution in [0.15, 0.2) is 54.9 Å². The molecule has 1 aromatic carbocycles. The number of nitriles is 1. The second-order valence-corrected chi connectivity index (χ2v) is 10.5. The molecule has 1 aliphatic heterocycles. The van der Waals surface area contributed by atoms with E-state index in [2.05, 4.69) is 16.4 Å². The maximum atomic E-state index is 12.7. The lowest BCUT2D eigenvalue weighted by Gasteiger charge is -2.27. The highest BCUT2D eigenvalue weighted by Crippen LogP contribution is 2.37.